The molecule has 2 N–H and O–H groups in total. The molecule has 3 amide bonds. The van der Waals surface area contributed by atoms with E-state index >= 15 is 0 Å². The Morgan fingerprint density at radius 3 is 2.10 bits per heavy atom. The van der Waals surface area contributed by atoms with Crippen LogP contribution in [0.5, 0.6) is 5.75 Å². The zero-order valence-electron chi connectivity index (χ0n) is 21.0. The molecule has 0 unspecified atom stereocenters. The van der Waals surface area contributed by atoms with Crippen molar-refractivity contribution < 1.29 is 19.5 Å². The quantitative estimate of drug-likeness (QED) is 0.195. The average Bonchev–Trinajstić information content (AvgIpc) is 3.24. The smallest absolute Gasteiger partial charge is 0.275 e. The van der Waals surface area contributed by atoms with Crippen molar-refractivity contribution in [2.24, 2.45) is 16.9 Å². The highest BCUT2D eigenvalue weighted by Crippen LogP contribution is 2.63. The Hall–Kier alpha value is -4.56. The Labute approximate surface area is 238 Å². The largest absolute Gasteiger partial charge is 0.507 e. The van der Waals surface area contributed by atoms with E-state index in [-0.39, 0.29) is 29.0 Å². The highest BCUT2D eigenvalue weighted by atomic mass is 79.9. The molecule has 4 aromatic rings. The van der Waals surface area contributed by atoms with E-state index < -0.39 is 23.2 Å². The maximum Gasteiger partial charge on any atom is 0.275 e. The summed E-state index contributed by atoms with van der Waals surface area (Å²) in [5, 5.41) is 14.5. The first-order valence-corrected chi connectivity index (χ1v) is 13.7. The molecule has 8 rings (SSSR count). The first kappa shape index (κ1) is 24.5. The van der Waals surface area contributed by atoms with Gasteiger partial charge in [0, 0.05) is 16.6 Å². The first-order chi connectivity index (χ1) is 19.4. The molecule has 4 aromatic carbocycles. The third-order valence-corrected chi connectivity index (χ3v) is 8.88. The number of carbonyl (C=O) groups is 3. The van der Waals surface area contributed by atoms with Crippen LogP contribution in [0.3, 0.4) is 0 Å². The number of amides is 3. The third-order valence-electron chi connectivity index (χ3n) is 8.35. The maximum atomic E-state index is 14.3. The molecule has 2 bridgehead atoms. The normalized spacial score (nSPS) is 24.1. The number of nitrogens with one attached hydrogen (secondary N) is 1. The molecule has 0 saturated carbocycles. The number of nitrogens with zero attached hydrogens (tertiary/aromatic N) is 2. The van der Waals surface area contributed by atoms with E-state index in [1.165, 1.54) is 17.0 Å². The molecule has 3 aliphatic carbocycles. The fourth-order valence-electron chi connectivity index (χ4n) is 6.81. The van der Waals surface area contributed by atoms with Crippen LogP contribution in [0.1, 0.15) is 38.5 Å². The average molecular weight is 592 g/mol. The fraction of sp³-hybridized carbons (Fsp3) is 0.125. The Balaban J connectivity index is 1.41. The third kappa shape index (κ3) is 3.29. The van der Waals surface area contributed by atoms with Gasteiger partial charge in [-0.3, -0.25) is 14.4 Å². The summed E-state index contributed by atoms with van der Waals surface area (Å²) >= 11 is 3.43. The number of halogens is 1. The molecule has 0 radical (unpaired) electrons. The van der Waals surface area contributed by atoms with Crippen LogP contribution in [0.2, 0.25) is 0 Å². The molecule has 1 fully saturated rings. The van der Waals surface area contributed by atoms with Crippen molar-refractivity contribution in [3.8, 4) is 5.75 Å². The molecule has 1 saturated heterocycles. The van der Waals surface area contributed by atoms with Gasteiger partial charge in [-0.1, -0.05) is 76.6 Å². The van der Waals surface area contributed by atoms with Crippen molar-refractivity contribution in [3.05, 3.63) is 129 Å². The molecule has 2 atom stereocenters. The van der Waals surface area contributed by atoms with Gasteiger partial charge >= 0.3 is 0 Å². The van der Waals surface area contributed by atoms with E-state index in [9.17, 15) is 19.5 Å². The van der Waals surface area contributed by atoms with Gasteiger partial charge in [-0.15, -0.1) is 0 Å². The zero-order valence-corrected chi connectivity index (χ0v) is 22.6. The molecule has 1 aliphatic heterocycles. The predicted molar refractivity (Wildman–Crippen MR) is 153 cm³/mol. The number of benzene rings is 4. The number of aromatic hydroxyl groups is 1. The molecule has 0 aromatic heterocycles. The molecule has 8 heteroatoms. The molecular weight excluding hydrogens is 570 g/mol. The summed E-state index contributed by atoms with van der Waals surface area (Å²) in [6.45, 7) is 0. The summed E-state index contributed by atoms with van der Waals surface area (Å²) in [7, 11) is 0. The van der Waals surface area contributed by atoms with Crippen LogP contribution >= 0.6 is 15.9 Å². The summed E-state index contributed by atoms with van der Waals surface area (Å²) < 4.78 is 0.844. The van der Waals surface area contributed by atoms with Crippen molar-refractivity contribution in [2.45, 2.75) is 11.3 Å². The van der Waals surface area contributed by atoms with Crippen molar-refractivity contribution in [3.63, 3.8) is 0 Å². The van der Waals surface area contributed by atoms with E-state index in [1.807, 2.05) is 60.7 Å². The van der Waals surface area contributed by atoms with Gasteiger partial charge in [0.2, 0.25) is 11.8 Å². The number of imide groups is 1. The van der Waals surface area contributed by atoms with Crippen LogP contribution in [-0.2, 0) is 15.0 Å². The number of para-hydroxylation sites is 1. The van der Waals surface area contributed by atoms with E-state index in [1.54, 1.807) is 30.5 Å². The number of anilines is 1. The second-order valence-corrected chi connectivity index (χ2v) is 11.1. The predicted octanol–water partition coefficient (Wildman–Crippen LogP) is 5.12. The lowest BCUT2D eigenvalue weighted by molar-refractivity contribution is -0.122. The highest BCUT2D eigenvalue weighted by molar-refractivity contribution is 9.10. The Kier molecular flexibility index (Phi) is 5.50. The minimum atomic E-state index is -1.10. The van der Waals surface area contributed by atoms with Crippen LogP contribution in [0.4, 0.5) is 5.69 Å². The van der Waals surface area contributed by atoms with Gasteiger partial charge in [-0.2, -0.15) is 5.10 Å². The Bertz CT molecular complexity index is 1700. The summed E-state index contributed by atoms with van der Waals surface area (Å²) in [4.78, 5) is 42.7. The van der Waals surface area contributed by atoms with Crippen LogP contribution in [0.15, 0.2) is 107 Å². The molecular formula is C32H22BrN3O4. The Morgan fingerprint density at radius 2 is 1.45 bits per heavy atom. The summed E-state index contributed by atoms with van der Waals surface area (Å²) in [5.41, 5.74) is 5.75. The van der Waals surface area contributed by atoms with E-state index in [4.69, 9.17) is 0 Å². The SMILES string of the molecule is O=C(N/N=C\C12c3ccccc3C(c3ccccc31)[C@@H]1C(=O)N(c3ccc(Br)cc3)C(=O)[C@@H]12)c1ccccc1O. The van der Waals surface area contributed by atoms with Crippen LogP contribution in [0, 0.1) is 11.8 Å². The number of carbonyl (C=O) groups excluding carboxylic acids is 3. The fourth-order valence-corrected chi connectivity index (χ4v) is 7.08. The molecule has 4 aliphatic rings. The van der Waals surface area contributed by atoms with Crippen LogP contribution < -0.4 is 10.3 Å². The number of hydrogen-bond donors (Lipinski definition) is 2. The molecule has 196 valence electrons. The Morgan fingerprint density at radius 1 is 0.850 bits per heavy atom. The minimum absolute atomic E-state index is 0.0803. The summed E-state index contributed by atoms with van der Waals surface area (Å²) in [6, 6.07) is 29.0. The molecule has 7 nitrogen and oxygen atoms in total. The van der Waals surface area contributed by atoms with Crippen LogP contribution in [-0.4, -0.2) is 29.0 Å². The number of phenolic OH excluding ortho intramolecular Hbond substituents is 1. The number of hydrogen-bond acceptors (Lipinski definition) is 5. The second-order valence-electron chi connectivity index (χ2n) is 10.2. The zero-order chi connectivity index (χ0) is 27.6. The lowest BCUT2D eigenvalue weighted by atomic mass is 9.47. The van der Waals surface area contributed by atoms with Crippen LogP contribution in [0.25, 0.3) is 0 Å². The van der Waals surface area contributed by atoms with Crippen molar-refractivity contribution in [2.75, 3.05) is 4.90 Å². The van der Waals surface area contributed by atoms with Gasteiger partial charge in [0.1, 0.15) is 5.75 Å². The first-order valence-electron chi connectivity index (χ1n) is 12.9. The topological polar surface area (TPSA) is 99.1 Å². The van der Waals surface area contributed by atoms with Crippen molar-refractivity contribution in [1.29, 1.82) is 0 Å². The standard InChI is InChI=1S/C32H22BrN3O4/c33-18-13-15-19(16-14-18)36-30(39)27-26-20-7-1-4-10-23(20)32(28(27)31(36)40,24-11-5-2-8-21(24)26)17-34-35-29(38)22-9-3-6-12-25(22)37/h1-17,26-28,37H,(H,35,38)/b34-17-/t26?,27-,28+,32?/m0/s1. The second kappa shape index (κ2) is 8.99. The maximum absolute atomic E-state index is 14.3. The highest BCUT2D eigenvalue weighted by Gasteiger charge is 2.68. The van der Waals surface area contributed by atoms with Gasteiger partial charge in [-0.05, 0) is 58.7 Å². The lowest BCUT2D eigenvalue weighted by Gasteiger charge is -2.52. The molecule has 1 heterocycles. The summed E-state index contributed by atoms with van der Waals surface area (Å²) in [5.74, 6) is -2.99. The van der Waals surface area contributed by atoms with Gasteiger partial charge in [0.05, 0.1) is 28.5 Å². The van der Waals surface area contributed by atoms with E-state index in [0.717, 1.165) is 26.7 Å². The lowest BCUT2D eigenvalue weighted by Crippen LogP contribution is -2.54. The van der Waals surface area contributed by atoms with Crippen molar-refractivity contribution >= 4 is 45.6 Å². The number of phenols is 1. The molecule has 0 spiro atoms. The van der Waals surface area contributed by atoms with E-state index in [0.29, 0.717) is 5.69 Å². The van der Waals surface area contributed by atoms with E-state index in [2.05, 4.69) is 26.5 Å². The van der Waals surface area contributed by atoms with Gasteiger partial charge in [-0.25, -0.2) is 10.3 Å². The van der Waals surface area contributed by atoms with Gasteiger partial charge in [0.25, 0.3) is 5.91 Å². The number of rotatable bonds is 4. The summed E-state index contributed by atoms with van der Waals surface area (Å²) in [6.07, 6.45) is 1.60. The van der Waals surface area contributed by atoms with Crippen molar-refractivity contribution in [1.82, 2.24) is 5.43 Å². The van der Waals surface area contributed by atoms with Gasteiger partial charge < -0.3 is 5.11 Å². The molecule has 40 heavy (non-hydrogen) atoms. The minimum Gasteiger partial charge on any atom is -0.507 e. The monoisotopic (exact) mass is 591 g/mol. The number of hydrazone groups is 1. The van der Waals surface area contributed by atoms with Gasteiger partial charge in [0.15, 0.2) is 0 Å².